The van der Waals surface area contributed by atoms with Crippen LogP contribution in [0.1, 0.15) is 43.0 Å². The molecule has 0 radical (unpaired) electrons. The summed E-state index contributed by atoms with van der Waals surface area (Å²) in [6, 6.07) is 5.05. The first-order valence-corrected chi connectivity index (χ1v) is 8.05. The molecule has 0 bridgehead atoms. The molecule has 5 nitrogen and oxygen atoms in total. The summed E-state index contributed by atoms with van der Waals surface area (Å²) in [5, 5.41) is 12.3. The zero-order valence-corrected chi connectivity index (χ0v) is 14.3. The lowest BCUT2D eigenvalue weighted by Gasteiger charge is -2.39. The number of amides is 1. The van der Waals surface area contributed by atoms with E-state index in [0.29, 0.717) is 28.6 Å². The predicted molar refractivity (Wildman–Crippen MR) is 86.2 cm³/mol. The third-order valence-corrected chi connectivity index (χ3v) is 4.94. The van der Waals surface area contributed by atoms with Crippen LogP contribution in [0.4, 0.5) is 0 Å². The zero-order valence-electron chi connectivity index (χ0n) is 12.7. The van der Waals surface area contributed by atoms with E-state index in [2.05, 4.69) is 21.2 Å². The maximum Gasteiger partial charge on any atom is 0.308 e. The molecule has 1 saturated carbocycles. The van der Waals surface area contributed by atoms with Crippen molar-refractivity contribution >= 4 is 27.8 Å². The van der Waals surface area contributed by atoms with E-state index in [1.54, 1.807) is 25.3 Å². The molecule has 6 heteroatoms. The van der Waals surface area contributed by atoms with Gasteiger partial charge in [0.1, 0.15) is 5.75 Å². The van der Waals surface area contributed by atoms with Gasteiger partial charge in [-0.15, -0.1) is 0 Å². The second-order valence-electron chi connectivity index (χ2n) is 5.86. The number of carboxylic acid groups (broad SMARTS) is 1. The van der Waals surface area contributed by atoms with E-state index in [1.807, 2.05) is 6.92 Å². The van der Waals surface area contributed by atoms with Crippen molar-refractivity contribution in [1.82, 2.24) is 5.32 Å². The fourth-order valence-corrected chi connectivity index (χ4v) is 3.56. The molecule has 0 saturated heterocycles. The van der Waals surface area contributed by atoms with E-state index >= 15 is 0 Å². The molecule has 0 aliphatic heterocycles. The van der Waals surface area contributed by atoms with Gasteiger partial charge in [-0.25, -0.2) is 0 Å². The average Bonchev–Trinajstić information content (AvgIpc) is 2.46. The zero-order chi connectivity index (χ0) is 16.3. The molecule has 1 amide bonds. The number of benzene rings is 1. The second-order valence-corrected chi connectivity index (χ2v) is 6.71. The highest BCUT2D eigenvalue weighted by Crippen LogP contribution is 2.34. The van der Waals surface area contributed by atoms with Crippen molar-refractivity contribution in [3.8, 4) is 5.75 Å². The summed E-state index contributed by atoms with van der Waals surface area (Å²) in [7, 11) is 1.56. The van der Waals surface area contributed by atoms with Crippen LogP contribution in [0.15, 0.2) is 22.7 Å². The fraction of sp³-hybridized carbons (Fsp3) is 0.500. The van der Waals surface area contributed by atoms with Crippen molar-refractivity contribution in [3.63, 3.8) is 0 Å². The lowest BCUT2D eigenvalue weighted by atomic mass is 9.73. The highest BCUT2D eigenvalue weighted by molar-refractivity contribution is 9.10. The lowest BCUT2D eigenvalue weighted by molar-refractivity contribution is -0.145. The van der Waals surface area contributed by atoms with Gasteiger partial charge in [-0.3, -0.25) is 9.59 Å². The Kier molecular flexibility index (Phi) is 5.11. The highest BCUT2D eigenvalue weighted by Gasteiger charge is 2.42. The Morgan fingerprint density at radius 3 is 2.73 bits per heavy atom. The summed E-state index contributed by atoms with van der Waals surface area (Å²) >= 11 is 3.35. The first-order chi connectivity index (χ1) is 10.4. The van der Waals surface area contributed by atoms with Crippen molar-refractivity contribution < 1.29 is 19.4 Å². The molecule has 120 valence electrons. The topological polar surface area (TPSA) is 75.6 Å². The molecule has 0 heterocycles. The quantitative estimate of drug-likeness (QED) is 0.854. The van der Waals surface area contributed by atoms with Crippen LogP contribution in [0.25, 0.3) is 0 Å². The molecule has 1 aromatic rings. The number of carbonyl (C=O) groups is 2. The molecule has 2 rings (SSSR count). The lowest BCUT2D eigenvalue weighted by Crippen LogP contribution is -2.55. The van der Waals surface area contributed by atoms with Crippen molar-refractivity contribution in [1.29, 1.82) is 0 Å². The highest BCUT2D eigenvalue weighted by atomic mass is 79.9. The Bertz CT molecular complexity index is 590. The Balaban J connectivity index is 2.19. The van der Waals surface area contributed by atoms with Gasteiger partial charge in [-0.1, -0.05) is 12.8 Å². The average molecular weight is 370 g/mol. The van der Waals surface area contributed by atoms with Gasteiger partial charge >= 0.3 is 5.97 Å². The van der Waals surface area contributed by atoms with Gasteiger partial charge in [0.25, 0.3) is 5.91 Å². The van der Waals surface area contributed by atoms with Crippen molar-refractivity contribution in [2.45, 2.75) is 38.1 Å². The van der Waals surface area contributed by atoms with Gasteiger partial charge in [-0.05, 0) is 53.9 Å². The van der Waals surface area contributed by atoms with Crippen molar-refractivity contribution in [2.75, 3.05) is 7.11 Å². The SMILES string of the molecule is COc1ccc(C(=O)NC2(C)CCCCC2C(=O)O)cc1Br. The number of aliphatic carboxylic acids is 1. The minimum absolute atomic E-state index is 0.265. The fourth-order valence-electron chi connectivity index (χ4n) is 3.02. The second kappa shape index (κ2) is 6.69. The maximum absolute atomic E-state index is 12.5. The summed E-state index contributed by atoms with van der Waals surface area (Å²) in [6.45, 7) is 1.82. The molecule has 1 aromatic carbocycles. The third-order valence-electron chi connectivity index (χ3n) is 4.32. The van der Waals surface area contributed by atoms with Crippen LogP contribution < -0.4 is 10.1 Å². The van der Waals surface area contributed by atoms with E-state index in [-0.39, 0.29) is 5.91 Å². The molecule has 2 N–H and O–H groups in total. The van der Waals surface area contributed by atoms with Gasteiger partial charge in [0, 0.05) is 5.56 Å². The van der Waals surface area contributed by atoms with E-state index in [9.17, 15) is 14.7 Å². The molecule has 1 aliphatic carbocycles. The number of methoxy groups -OCH3 is 1. The first-order valence-electron chi connectivity index (χ1n) is 7.26. The number of carboxylic acids is 1. The summed E-state index contributed by atoms with van der Waals surface area (Å²) < 4.78 is 5.83. The summed E-state index contributed by atoms with van der Waals surface area (Å²) in [5.41, 5.74) is -0.239. The van der Waals surface area contributed by atoms with E-state index < -0.39 is 17.4 Å². The van der Waals surface area contributed by atoms with Crippen molar-refractivity contribution in [2.24, 2.45) is 5.92 Å². The molecule has 1 aliphatic rings. The minimum Gasteiger partial charge on any atom is -0.496 e. The van der Waals surface area contributed by atoms with E-state index in [4.69, 9.17) is 4.74 Å². The number of hydrogen-bond donors (Lipinski definition) is 2. The molecule has 2 unspecified atom stereocenters. The van der Waals surface area contributed by atoms with Gasteiger partial charge in [0.2, 0.25) is 0 Å². The molecule has 22 heavy (non-hydrogen) atoms. The number of hydrogen-bond acceptors (Lipinski definition) is 3. The number of nitrogens with one attached hydrogen (secondary N) is 1. The van der Waals surface area contributed by atoms with Crippen LogP contribution in [0.2, 0.25) is 0 Å². The van der Waals surface area contributed by atoms with Gasteiger partial charge in [-0.2, -0.15) is 0 Å². The Morgan fingerprint density at radius 2 is 2.14 bits per heavy atom. The molecular weight excluding hydrogens is 350 g/mol. The van der Waals surface area contributed by atoms with Crippen LogP contribution >= 0.6 is 15.9 Å². The van der Waals surface area contributed by atoms with Crippen LogP contribution in [0.5, 0.6) is 5.75 Å². The minimum atomic E-state index is -0.849. The van der Waals surface area contributed by atoms with Crippen LogP contribution in [-0.2, 0) is 4.79 Å². The molecule has 1 fully saturated rings. The van der Waals surface area contributed by atoms with E-state index in [1.165, 1.54) is 0 Å². The van der Waals surface area contributed by atoms with Crippen LogP contribution in [0.3, 0.4) is 0 Å². The largest absolute Gasteiger partial charge is 0.496 e. The Morgan fingerprint density at radius 1 is 1.41 bits per heavy atom. The van der Waals surface area contributed by atoms with Gasteiger partial charge in [0.15, 0.2) is 0 Å². The number of carbonyl (C=O) groups excluding carboxylic acids is 1. The van der Waals surface area contributed by atoms with Gasteiger partial charge in [0.05, 0.1) is 23.0 Å². The van der Waals surface area contributed by atoms with Gasteiger partial charge < -0.3 is 15.2 Å². The summed E-state index contributed by atoms with van der Waals surface area (Å²) in [6.07, 6.45) is 3.08. The molecule has 0 aromatic heterocycles. The smallest absolute Gasteiger partial charge is 0.308 e. The van der Waals surface area contributed by atoms with Crippen LogP contribution in [0, 0.1) is 5.92 Å². The number of rotatable bonds is 4. The number of ether oxygens (including phenoxy) is 1. The molecule has 0 spiro atoms. The normalized spacial score (nSPS) is 24.6. The summed E-state index contributed by atoms with van der Waals surface area (Å²) in [5.74, 6) is -1.02. The number of halogens is 1. The standard InChI is InChI=1S/C16H20BrNO4/c1-16(8-4-3-5-11(16)15(20)21)18-14(19)10-6-7-13(22-2)12(17)9-10/h6-7,9,11H,3-5,8H2,1-2H3,(H,18,19)(H,20,21). The molecule has 2 atom stereocenters. The first kappa shape index (κ1) is 16.8. The molecular formula is C16H20BrNO4. The van der Waals surface area contributed by atoms with E-state index in [0.717, 1.165) is 12.8 Å². The third kappa shape index (κ3) is 3.43. The maximum atomic E-state index is 12.5. The van der Waals surface area contributed by atoms with Crippen molar-refractivity contribution in [3.05, 3.63) is 28.2 Å². The monoisotopic (exact) mass is 369 g/mol. The summed E-state index contributed by atoms with van der Waals surface area (Å²) in [4.78, 5) is 23.9. The Labute approximate surface area is 138 Å². The van der Waals surface area contributed by atoms with Crippen LogP contribution in [-0.4, -0.2) is 29.6 Å². The predicted octanol–water partition coefficient (Wildman–Crippen LogP) is 3.22. The Hall–Kier alpha value is -1.56.